The molecule has 4 nitrogen and oxygen atoms in total. The number of nitrogens with zero attached hydrogens (tertiary/aromatic N) is 2. The molecule has 6 rings (SSSR count). The molecule has 36 heavy (non-hydrogen) atoms. The van der Waals surface area contributed by atoms with Crippen molar-refractivity contribution in [3.63, 3.8) is 0 Å². The van der Waals surface area contributed by atoms with Crippen LogP contribution in [0.15, 0.2) is 83.7 Å². The number of hydrogen-bond acceptors (Lipinski definition) is 3. The molecular weight excluding hydrogens is 441 g/mol. The van der Waals surface area contributed by atoms with Gasteiger partial charge >= 0.3 is 6.98 Å². The molecule has 5 heteroatoms. The summed E-state index contributed by atoms with van der Waals surface area (Å²) in [5.41, 5.74) is 9.39. The number of imidazole rings is 1. The molecular formula is C31H30BN3O. The first-order valence-electron chi connectivity index (χ1n) is 12.7. The lowest BCUT2D eigenvalue weighted by Gasteiger charge is -2.24. The number of hydrogen-bond donors (Lipinski definition) is 1. The van der Waals surface area contributed by atoms with Crippen LogP contribution < -0.4 is 15.9 Å². The summed E-state index contributed by atoms with van der Waals surface area (Å²) in [6.45, 7) is 9.05. The highest BCUT2D eigenvalue weighted by Crippen LogP contribution is 2.39. The van der Waals surface area contributed by atoms with E-state index in [9.17, 15) is 0 Å². The molecule has 178 valence electrons. The van der Waals surface area contributed by atoms with E-state index in [1.807, 2.05) is 30.9 Å². The van der Waals surface area contributed by atoms with Crippen molar-refractivity contribution in [2.24, 2.45) is 0 Å². The number of nitrogens with one attached hydrogen (secondary N) is 1. The SMILES string of the molecule is CC(C)c1cc(-c2ccccc2)cc(C(C)C)c1-c1cncn1B1C=c2c(oc3ccccc23)=CN1. The molecule has 0 aliphatic carbocycles. The largest absolute Gasteiger partial charge is 0.455 e. The van der Waals surface area contributed by atoms with E-state index in [1.165, 1.54) is 27.8 Å². The summed E-state index contributed by atoms with van der Waals surface area (Å²) < 4.78 is 8.30. The van der Waals surface area contributed by atoms with Crippen LogP contribution in [0, 0.1) is 0 Å². The van der Waals surface area contributed by atoms with Crippen molar-refractivity contribution in [2.45, 2.75) is 39.5 Å². The van der Waals surface area contributed by atoms with Gasteiger partial charge in [0.1, 0.15) is 11.0 Å². The van der Waals surface area contributed by atoms with Crippen molar-refractivity contribution in [1.29, 1.82) is 0 Å². The number of benzene rings is 3. The Kier molecular flexibility index (Phi) is 5.56. The van der Waals surface area contributed by atoms with E-state index in [-0.39, 0.29) is 6.98 Å². The second-order valence-electron chi connectivity index (χ2n) is 10.2. The molecule has 0 saturated carbocycles. The Bertz CT molecular complexity index is 1650. The fourth-order valence-corrected chi connectivity index (χ4v) is 5.30. The Morgan fingerprint density at radius 2 is 1.56 bits per heavy atom. The monoisotopic (exact) mass is 471 g/mol. The molecule has 3 heterocycles. The molecule has 3 aromatic carbocycles. The zero-order valence-corrected chi connectivity index (χ0v) is 21.2. The van der Waals surface area contributed by atoms with Gasteiger partial charge in [0.05, 0.1) is 18.2 Å². The average Bonchev–Trinajstić information content (AvgIpc) is 3.53. The maximum absolute atomic E-state index is 6.05. The van der Waals surface area contributed by atoms with Gasteiger partial charge in [-0.2, -0.15) is 0 Å². The first-order chi connectivity index (χ1) is 17.5. The highest BCUT2D eigenvalue weighted by molar-refractivity contribution is 6.71. The van der Waals surface area contributed by atoms with Gasteiger partial charge in [0.2, 0.25) is 0 Å². The minimum atomic E-state index is -0.0650. The topological polar surface area (TPSA) is 43.0 Å². The fourth-order valence-electron chi connectivity index (χ4n) is 5.30. The van der Waals surface area contributed by atoms with Crippen LogP contribution >= 0.6 is 0 Å². The summed E-state index contributed by atoms with van der Waals surface area (Å²) in [6.07, 6.45) is 5.92. The first-order valence-corrected chi connectivity index (χ1v) is 12.7. The summed E-state index contributed by atoms with van der Waals surface area (Å²) in [5, 5.41) is 5.79. The van der Waals surface area contributed by atoms with Crippen molar-refractivity contribution < 1.29 is 4.42 Å². The van der Waals surface area contributed by atoms with E-state index in [1.54, 1.807) is 0 Å². The molecule has 0 bridgehead atoms. The van der Waals surface area contributed by atoms with Gasteiger partial charge in [-0.1, -0.05) is 94.3 Å². The molecule has 0 amide bonds. The van der Waals surface area contributed by atoms with Crippen molar-refractivity contribution >= 4 is 30.1 Å². The Labute approximate surface area is 212 Å². The third-order valence-electron chi connectivity index (χ3n) is 7.14. The van der Waals surface area contributed by atoms with Gasteiger partial charge in [-0.3, -0.25) is 0 Å². The lowest BCUT2D eigenvalue weighted by Crippen LogP contribution is -2.44. The second-order valence-corrected chi connectivity index (χ2v) is 10.2. The van der Waals surface area contributed by atoms with E-state index in [0.29, 0.717) is 11.8 Å². The predicted molar refractivity (Wildman–Crippen MR) is 150 cm³/mol. The summed E-state index contributed by atoms with van der Waals surface area (Å²) in [7, 11) is 0. The van der Waals surface area contributed by atoms with Crippen molar-refractivity contribution in [3.8, 4) is 22.4 Å². The van der Waals surface area contributed by atoms with Crippen LogP contribution in [0.25, 0.3) is 45.5 Å². The van der Waals surface area contributed by atoms with Gasteiger partial charge in [-0.15, -0.1) is 0 Å². The number of aromatic nitrogens is 2. The van der Waals surface area contributed by atoms with Gasteiger partial charge in [-0.25, -0.2) is 4.98 Å². The van der Waals surface area contributed by atoms with Gasteiger partial charge < -0.3 is 14.1 Å². The normalized spacial score (nSPS) is 13.0. The average molecular weight is 471 g/mol. The smallest absolute Gasteiger partial charge is 0.406 e. The van der Waals surface area contributed by atoms with Gasteiger partial charge in [-0.05, 0) is 40.2 Å². The number of fused-ring (bicyclic) bond motifs is 3. The molecule has 0 spiro atoms. The van der Waals surface area contributed by atoms with Gasteiger partial charge in [0, 0.05) is 22.4 Å². The minimum absolute atomic E-state index is 0.0650. The molecule has 1 aliphatic rings. The van der Waals surface area contributed by atoms with E-state index in [4.69, 9.17) is 4.42 Å². The van der Waals surface area contributed by atoms with Crippen molar-refractivity contribution in [1.82, 2.24) is 14.7 Å². The molecule has 1 aliphatic heterocycles. The number of rotatable bonds is 5. The summed E-state index contributed by atoms with van der Waals surface area (Å²) in [4.78, 5) is 4.63. The maximum atomic E-state index is 6.05. The van der Waals surface area contributed by atoms with E-state index < -0.39 is 0 Å². The zero-order valence-electron chi connectivity index (χ0n) is 21.2. The zero-order chi connectivity index (χ0) is 24.8. The van der Waals surface area contributed by atoms with Crippen LogP contribution in [-0.2, 0) is 0 Å². The predicted octanol–water partition coefficient (Wildman–Crippen LogP) is 5.91. The van der Waals surface area contributed by atoms with Crippen LogP contribution in [0.4, 0.5) is 0 Å². The molecule has 0 atom stereocenters. The minimum Gasteiger partial charge on any atom is -0.455 e. The Balaban J connectivity index is 1.53. The quantitative estimate of drug-likeness (QED) is 0.324. The summed E-state index contributed by atoms with van der Waals surface area (Å²) in [5.74, 6) is 2.97. The maximum Gasteiger partial charge on any atom is 0.406 e. The van der Waals surface area contributed by atoms with Crippen molar-refractivity contribution in [2.75, 3.05) is 0 Å². The van der Waals surface area contributed by atoms with Crippen molar-refractivity contribution in [3.05, 3.63) is 101 Å². The Morgan fingerprint density at radius 1 is 0.861 bits per heavy atom. The van der Waals surface area contributed by atoms with Crippen LogP contribution in [-0.4, -0.2) is 16.4 Å². The molecule has 0 unspecified atom stereocenters. The van der Waals surface area contributed by atoms with Gasteiger partial charge in [0.15, 0.2) is 0 Å². The highest BCUT2D eigenvalue weighted by atomic mass is 16.3. The molecule has 0 saturated heterocycles. The number of furan rings is 1. The molecule has 2 aromatic heterocycles. The standard InChI is InChI=1S/C31H30BN3O/c1-20(2)25-14-23(22-10-6-5-7-11-22)15-26(21(3)4)31(25)28-17-33-19-35(28)32-16-27-24-12-8-9-13-29(24)36-30(27)18-34-32/h5-21,34H,1-4H3. The lowest BCUT2D eigenvalue weighted by atomic mass is 9.73. The second kappa shape index (κ2) is 8.91. The van der Waals surface area contributed by atoms with Crippen LogP contribution in [0.5, 0.6) is 0 Å². The van der Waals surface area contributed by atoms with Crippen LogP contribution in [0.1, 0.15) is 50.7 Å². The lowest BCUT2D eigenvalue weighted by molar-refractivity contribution is 0.573. The third-order valence-corrected chi connectivity index (χ3v) is 7.14. The first kappa shape index (κ1) is 22.5. The van der Waals surface area contributed by atoms with E-state index in [0.717, 1.165) is 27.3 Å². The van der Waals surface area contributed by atoms with Crippen LogP contribution in [0.3, 0.4) is 0 Å². The fraction of sp³-hybridized carbons (Fsp3) is 0.194. The molecule has 1 N–H and O–H groups in total. The summed E-state index contributed by atoms with van der Waals surface area (Å²) in [6, 6.07) is 23.6. The molecule has 0 radical (unpaired) electrons. The molecule has 5 aromatic rings. The summed E-state index contributed by atoms with van der Waals surface area (Å²) >= 11 is 0. The van der Waals surface area contributed by atoms with E-state index >= 15 is 0 Å². The Morgan fingerprint density at radius 3 is 2.28 bits per heavy atom. The number of para-hydroxylation sites is 1. The van der Waals surface area contributed by atoms with Crippen LogP contribution in [0.2, 0.25) is 0 Å². The third kappa shape index (κ3) is 3.76. The van der Waals surface area contributed by atoms with Gasteiger partial charge in [0.25, 0.3) is 0 Å². The highest BCUT2D eigenvalue weighted by Gasteiger charge is 2.26. The molecule has 0 fully saturated rings. The Hall–Kier alpha value is -3.99. The van der Waals surface area contributed by atoms with E-state index in [2.05, 4.69) is 103 Å².